The summed E-state index contributed by atoms with van der Waals surface area (Å²) in [5, 5.41) is 6.56. The molecule has 0 amide bonds. The second-order valence-electron chi connectivity index (χ2n) is 7.27. The van der Waals surface area contributed by atoms with E-state index in [9.17, 15) is 8.78 Å². The van der Waals surface area contributed by atoms with Crippen LogP contribution in [0.4, 0.5) is 8.78 Å². The topological polar surface area (TPSA) is 48.9 Å². The number of ether oxygens (including phenoxy) is 1. The summed E-state index contributed by atoms with van der Waals surface area (Å²) in [6, 6.07) is 4.67. The van der Waals surface area contributed by atoms with Gasteiger partial charge in [-0.3, -0.25) is 9.89 Å². The summed E-state index contributed by atoms with van der Waals surface area (Å²) in [6.45, 7) is 9.18. The number of hydrogen-bond donors (Lipinski definition) is 2. The fraction of sp³-hybridized carbons (Fsp3) is 0.650. The first kappa shape index (κ1) is 21.6. The van der Waals surface area contributed by atoms with Crippen molar-refractivity contribution in [2.75, 3.05) is 46.4 Å². The maximum atomic E-state index is 13.7. The van der Waals surface area contributed by atoms with Crippen LogP contribution in [-0.4, -0.2) is 63.3 Å². The fourth-order valence-electron chi connectivity index (χ4n) is 3.34. The van der Waals surface area contributed by atoms with Crippen LogP contribution in [0.5, 0.6) is 0 Å². The van der Waals surface area contributed by atoms with Gasteiger partial charge in [0.2, 0.25) is 0 Å². The molecule has 1 atom stereocenters. The van der Waals surface area contributed by atoms with Crippen molar-refractivity contribution in [3.63, 3.8) is 0 Å². The first-order valence-electron chi connectivity index (χ1n) is 9.70. The summed E-state index contributed by atoms with van der Waals surface area (Å²) in [4.78, 5) is 6.70. The normalized spacial score (nSPS) is 17.2. The third-order valence-electron chi connectivity index (χ3n) is 4.75. The number of aliphatic imine (C=N–C) groups is 1. The van der Waals surface area contributed by atoms with E-state index in [1.807, 2.05) is 0 Å². The molecule has 0 bridgehead atoms. The van der Waals surface area contributed by atoms with Crippen molar-refractivity contribution in [3.05, 3.63) is 35.4 Å². The second-order valence-corrected chi connectivity index (χ2v) is 7.27. The molecule has 27 heavy (non-hydrogen) atoms. The van der Waals surface area contributed by atoms with Gasteiger partial charge in [-0.25, -0.2) is 8.78 Å². The predicted octanol–water partition coefficient (Wildman–Crippen LogP) is 2.42. The smallest absolute Gasteiger partial charge is 0.191 e. The lowest BCUT2D eigenvalue weighted by molar-refractivity contribution is 0.0132. The monoisotopic (exact) mass is 382 g/mol. The molecule has 0 saturated carbocycles. The van der Waals surface area contributed by atoms with Crippen LogP contribution in [0.25, 0.3) is 0 Å². The molecule has 1 aromatic rings. The number of nitrogens with one attached hydrogen (secondary N) is 2. The lowest BCUT2D eigenvalue weighted by Gasteiger charge is -2.35. The summed E-state index contributed by atoms with van der Waals surface area (Å²) in [5.74, 6) is -0.303. The van der Waals surface area contributed by atoms with Crippen LogP contribution < -0.4 is 10.6 Å². The van der Waals surface area contributed by atoms with E-state index in [0.29, 0.717) is 36.4 Å². The average molecular weight is 382 g/mol. The fourth-order valence-corrected chi connectivity index (χ4v) is 3.34. The lowest BCUT2D eigenvalue weighted by Crippen LogP contribution is -2.51. The Morgan fingerprint density at radius 3 is 2.63 bits per heavy atom. The first-order chi connectivity index (χ1) is 13.0. The molecule has 152 valence electrons. The van der Waals surface area contributed by atoms with E-state index in [1.165, 1.54) is 6.07 Å². The highest BCUT2D eigenvalue weighted by Gasteiger charge is 2.22. The minimum atomic E-state index is -0.808. The van der Waals surface area contributed by atoms with Gasteiger partial charge in [-0.1, -0.05) is 26.0 Å². The van der Waals surface area contributed by atoms with Crippen LogP contribution in [0.15, 0.2) is 23.2 Å². The Hall–Kier alpha value is -1.73. The minimum absolute atomic E-state index is 0.365. The molecular formula is C20H32F2N4O. The molecule has 1 fully saturated rings. The number of nitrogens with zero attached hydrogens (tertiary/aromatic N) is 2. The minimum Gasteiger partial charge on any atom is -0.379 e. The van der Waals surface area contributed by atoms with Crippen molar-refractivity contribution in [3.8, 4) is 0 Å². The summed E-state index contributed by atoms with van der Waals surface area (Å²) in [6.07, 6.45) is 1.49. The van der Waals surface area contributed by atoms with Crippen molar-refractivity contribution >= 4 is 5.96 Å². The maximum Gasteiger partial charge on any atom is 0.191 e. The maximum absolute atomic E-state index is 13.7. The molecule has 0 aliphatic carbocycles. The van der Waals surface area contributed by atoms with Crippen LogP contribution in [0.1, 0.15) is 25.8 Å². The molecule has 1 aliphatic heterocycles. The summed E-state index contributed by atoms with van der Waals surface area (Å²) in [5.41, 5.74) is 0.365. The number of hydrogen-bond acceptors (Lipinski definition) is 3. The van der Waals surface area contributed by atoms with Gasteiger partial charge in [0.1, 0.15) is 0 Å². The predicted molar refractivity (Wildman–Crippen MR) is 105 cm³/mol. The summed E-state index contributed by atoms with van der Waals surface area (Å²) >= 11 is 0. The van der Waals surface area contributed by atoms with Crippen LogP contribution in [0, 0.1) is 17.6 Å². The molecule has 0 spiro atoms. The molecule has 0 aromatic heterocycles. The summed E-state index contributed by atoms with van der Waals surface area (Å²) < 4.78 is 32.5. The van der Waals surface area contributed by atoms with Gasteiger partial charge in [0.25, 0.3) is 0 Å². The Morgan fingerprint density at radius 2 is 1.96 bits per heavy atom. The van der Waals surface area contributed by atoms with Crippen LogP contribution in [0.3, 0.4) is 0 Å². The molecule has 5 nitrogen and oxygen atoms in total. The largest absolute Gasteiger partial charge is 0.379 e. The van der Waals surface area contributed by atoms with Crippen molar-refractivity contribution in [1.82, 2.24) is 15.5 Å². The van der Waals surface area contributed by atoms with Crippen LogP contribution in [-0.2, 0) is 11.2 Å². The van der Waals surface area contributed by atoms with E-state index in [0.717, 1.165) is 45.3 Å². The van der Waals surface area contributed by atoms with Gasteiger partial charge in [-0.2, -0.15) is 0 Å². The van der Waals surface area contributed by atoms with E-state index in [4.69, 9.17) is 4.74 Å². The highest BCUT2D eigenvalue weighted by atomic mass is 19.2. The van der Waals surface area contributed by atoms with E-state index in [-0.39, 0.29) is 0 Å². The molecule has 0 radical (unpaired) electrons. The van der Waals surface area contributed by atoms with Crippen molar-refractivity contribution in [2.24, 2.45) is 10.9 Å². The standard InChI is InChI=1S/C20H32F2N4O/c1-15(2)13-17(26-9-11-27-12-10-26)14-25-20(23-3)24-8-7-16-5-4-6-18(21)19(16)22/h4-6,15,17H,7-14H2,1-3H3,(H2,23,24,25). The zero-order valence-corrected chi connectivity index (χ0v) is 16.6. The Morgan fingerprint density at radius 1 is 1.22 bits per heavy atom. The van der Waals surface area contributed by atoms with Crippen LogP contribution >= 0.6 is 0 Å². The molecule has 2 N–H and O–H groups in total. The van der Waals surface area contributed by atoms with Gasteiger partial charge in [-0.05, 0) is 30.4 Å². The molecule has 1 saturated heterocycles. The Balaban J connectivity index is 1.82. The van der Waals surface area contributed by atoms with Crippen molar-refractivity contribution < 1.29 is 13.5 Å². The zero-order chi connectivity index (χ0) is 19.6. The van der Waals surface area contributed by atoms with Gasteiger partial charge in [-0.15, -0.1) is 0 Å². The lowest BCUT2D eigenvalue weighted by atomic mass is 10.0. The molecular weight excluding hydrogens is 350 g/mol. The van der Waals surface area contributed by atoms with E-state index < -0.39 is 11.6 Å². The number of benzene rings is 1. The van der Waals surface area contributed by atoms with Gasteiger partial charge in [0.15, 0.2) is 17.6 Å². The molecule has 1 aliphatic rings. The number of guanidine groups is 1. The third-order valence-corrected chi connectivity index (χ3v) is 4.75. The molecule has 2 rings (SSSR count). The highest BCUT2D eigenvalue weighted by Crippen LogP contribution is 2.13. The zero-order valence-electron chi connectivity index (χ0n) is 16.6. The third kappa shape index (κ3) is 7.07. The molecule has 7 heteroatoms. The van der Waals surface area contributed by atoms with E-state index in [1.54, 1.807) is 13.1 Å². The number of morpholine rings is 1. The van der Waals surface area contributed by atoms with Crippen molar-refractivity contribution in [2.45, 2.75) is 32.7 Å². The SMILES string of the molecule is CN=C(NCCc1cccc(F)c1F)NCC(CC(C)C)N1CCOCC1. The van der Waals surface area contributed by atoms with Crippen LogP contribution in [0.2, 0.25) is 0 Å². The quantitative estimate of drug-likeness (QED) is 0.536. The summed E-state index contributed by atoms with van der Waals surface area (Å²) in [7, 11) is 1.71. The van der Waals surface area contributed by atoms with Gasteiger partial charge >= 0.3 is 0 Å². The Bertz CT molecular complexity index is 604. The molecule has 1 unspecified atom stereocenters. The van der Waals surface area contributed by atoms with E-state index in [2.05, 4.69) is 34.4 Å². The second kappa shape index (κ2) is 11.2. The van der Waals surface area contributed by atoms with Crippen molar-refractivity contribution in [1.29, 1.82) is 0 Å². The van der Waals surface area contributed by atoms with Gasteiger partial charge < -0.3 is 15.4 Å². The molecule has 1 aromatic carbocycles. The van der Waals surface area contributed by atoms with Gasteiger partial charge in [0.05, 0.1) is 13.2 Å². The first-order valence-corrected chi connectivity index (χ1v) is 9.70. The van der Waals surface area contributed by atoms with E-state index >= 15 is 0 Å². The Kier molecular flexibility index (Phi) is 8.94. The number of rotatable bonds is 8. The highest BCUT2D eigenvalue weighted by molar-refractivity contribution is 5.79. The average Bonchev–Trinajstić information content (AvgIpc) is 2.67. The van der Waals surface area contributed by atoms with Gasteiger partial charge in [0, 0.05) is 39.3 Å². The molecule has 1 heterocycles. The Labute approximate surface area is 161 Å². The number of halogens is 2.